The quantitative estimate of drug-likeness (QED) is 0.936. The van der Waals surface area contributed by atoms with Crippen LogP contribution in [0, 0.1) is 5.92 Å². The van der Waals surface area contributed by atoms with Gasteiger partial charge < -0.3 is 14.7 Å². The van der Waals surface area contributed by atoms with Crippen LogP contribution in [0.1, 0.15) is 32.5 Å². The lowest BCUT2D eigenvalue weighted by molar-refractivity contribution is 0.365. The van der Waals surface area contributed by atoms with Crippen LogP contribution < -0.4 is 10.2 Å². The molecular weight excluding hydrogens is 264 g/mol. The number of hydrogen-bond donors (Lipinski definition) is 1. The van der Waals surface area contributed by atoms with Gasteiger partial charge >= 0.3 is 0 Å². The molecule has 1 unspecified atom stereocenters. The molecule has 1 aliphatic rings. The molecule has 0 spiro atoms. The van der Waals surface area contributed by atoms with Crippen molar-refractivity contribution < 1.29 is 4.52 Å². The molecule has 0 amide bonds. The van der Waals surface area contributed by atoms with Crippen molar-refractivity contribution in [3.05, 3.63) is 36.0 Å². The van der Waals surface area contributed by atoms with Gasteiger partial charge in [-0.05, 0) is 25.0 Å². The van der Waals surface area contributed by atoms with Crippen molar-refractivity contribution in [2.75, 3.05) is 16.8 Å². The summed E-state index contributed by atoms with van der Waals surface area (Å²) in [6, 6.07) is 8.73. The van der Waals surface area contributed by atoms with Crippen LogP contribution in [-0.4, -0.2) is 22.7 Å². The highest BCUT2D eigenvalue weighted by atomic mass is 16.5. The van der Waals surface area contributed by atoms with E-state index in [2.05, 4.69) is 59.3 Å². The first-order valence-corrected chi connectivity index (χ1v) is 7.54. The molecule has 0 saturated heterocycles. The number of fused-ring (bicyclic) bond motifs is 1. The summed E-state index contributed by atoms with van der Waals surface area (Å²) in [5.74, 6) is 2.03. The van der Waals surface area contributed by atoms with Gasteiger partial charge in [0.1, 0.15) is 0 Å². The highest BCUT2D eigenvalue weighted by Crippen LogP contribution is 2.32. The molecule has 5 heteroatoms. The van der Waals surface area contributed by atoms with Crippen LogP contribution in [0.2, 0.25) is 0 Å². The van der Waals surface area contributed by atoms with Crippen LogP contribution in [0.4, 0.5) is 11.4 Å². The fourth-order valence-electron chi connectivity index (χ4n) is 2.67. The Morgan fingerprint density at radius 1 is 1.38 bits per heavy atom. The molecule has 1 aromatic heterocycles. The fourth-order valence-corrected chi connectivity index (χ4v) is 2.67. The van der Waals surface area contributed by atoms with Gasteiger partial charge in [0, 0.05) is 19.0 Å². The highest BCUT2D eigenvalue weighted by Gasteiger charge is 2.24. The molecule has 2 heterocycles. The second kappa shape index (κ2) is 5.76. The van der Waals surface area contributed by atoms with E-state index >= 15 is 0 Å². The van der Waals surface area contributed by atoms with Crippen LogP contribution in [0.3, 0.4) is 0 Å². The van der Waals surface area contributed by atoms with E-state index < -0.39 is 0 Å². The summed E-state index contributed by atoms with van der Waals surface area (Å²) in [5, 5.41) is 7.53. The zero-order valence-electron chi connectivity index (χ0n) is 12.8. The van der Waals surface area contributed by atoms with Gasteiger partial charge in [0.15, 0.2) is 5.82 Å². The Labute approximate surface area is 125 Å². The summed E-state index contributed by atoms with van der Waals surface area (Å²) in [6.07, 6.45) is 0.858. The zero-order valence-corrected chi connectivity index (χ0v) is 12.8. The van der Waals surface area contributed by atoms with Crippen molar-refractivity contribution in [2.24, 2.45) is 5.92 Å². The smallest absolute Gasteiger partial charge is 0.246 e. The topological polar surface area (TPSA) is 54.2 Å². The summed E-state index contributed by atoms with van der Waals surface area (Å²) in [5.41, 5.74) is 2.36. The van der Waals surface area contributed by atoms with Gasteiger partial charge in [0.05, 0.1) is 17.9 Å². The molecule has 1 atom stereocenters. The SMILES string of the molecule is CC(C)Cc1noc(CN2c3ccccc3NCC2C)n1. The predicted molar refractivity (Wildman–Crippen MR) is 83.4 cm³/mol. The monoisotopic (exact) mass is 286 g/mol. The third-order valence-corrected chi connectivity index (χ3v) is 3.74. The molecule has 0 bridgehead atoms. The Kier molecular flexibility index (Phi) is 3.82. The molecule has 21 heavy (non-hydrogen) atoms. The summed E-state index contributed by atoms with van der Waals surface area (Å²) in [6.45, 7) is 8.10. The minimum Gasteiger partial charge on any atom is -0.381 e. The second-order valence-corrected chi connectivity index (χ2v) is 6.08. The third-order valence-electron chi connectivity index (χ3n) is 3.74. The maximum Gasteiger partial charge on any atom is 0.246 e. The normalized spacial score (nSPS) is 17.7. The third kappa shape index (κ3) is 3.01. The maximum atomic E-state index is 5.41. The van der Waals surface area contributed by atoms with Gasteiger partial charge in [-0.25, -0.2) is 0 Å². The van der Waals surface area contributed by atoms with Gasteiger partial charge in [-0.2, -0.15) is 4.98 Å². The number of nitrogens with zero attached hydrogens (tertiary/aromatic N) is 3. The number of anilines is 2. The molecule has 0 fully saturated rings. The van der Waals surface area contributed by atoms with Crippen LogP contribution in [0.25, 0.3) is 0 Å². The number of para-hydroxylation sites is 2. The predicted octanol–water partition coefficient (Wildman–Crippen LogP) is 3.09. The standard InChI is InChI=1S/C16H22N4O/c1-11(2)8-15-18-16(21-19-15)10-20-12(3)9-17-13-6-4-5-7-14(13)20/h4-7,11-12,17H,8-10H2,1-3H3. The number of nitrogens with one attached hydrogen (secondary N) is 1. The molecular formula is C16H22N4O. The number of benzene rings is 1. The lowest BCUT2D eigenvalue weighted by Gasteiger charge is -2.36. The van der Waals surface area contributed by atoms with Crippen LogP contribution in [0.5, 0.6) is 0 Å². The average Bonchev–Trinajstić information content (AvgIpc) is 2.88. The molecule has 112 valence electrons. The Hall–Kier alpha value is -2.04. The molecule has 3 rings (SSSR count). The highest BCUT2D eigenvalue weighted by molar-refractivity contribution is 5.72. The molecule has 2 aromatic rings. The van der Waals surface area contributed by atoms with E-state index in [0.717, 1.165) is 24.5 Å². The lowest BCUT2D eigenvalue weighted by atomic mass is 10.1. The number of aromatic nitrogens is 2. The summed E-state index contributed by atoms with van der Waals surface area (Å²) >= 11 is 0. The minimum absolute atomic E-state index is 0.389. The van der Waals surface area contributed by atoms with E-state index in [-0.39, 0.29) is 0 Å². The molecule has 1 aliphatic heterocycles. The Bertz CT molecular complexity index is 608. The molecule has 0 aliphatic carbocycles. The Morgan fingerprint density at radius 2 is 2.19 bits per heavy atom. The maximum absolute atomic E-state index is 5.41. The van der Waals surface area contributed by atoms with Crippen molar-refractivity contribution in [1.29, 1.82) is 0 Å². The van der Waals surface area contributed by atoms with Crippen LogP contribution in [-0.2, 0) is 13.0 Å². The first-order chi connectivity index (χ1) is 10.1. The fraction of sp³-hybridized carbons (Fsp3) is 0.500. The lowest BCUT2D eigenvalue weighted by Crippen LogP contribution is -2.41. The molecule has 5 nitrogen and oxygen atoms in total. The van der Waals surface area contributed by atoms with Crippen LogP contribution >= 0.6 is 0 Å². The van der Waals surface area contributed by atoms with Crippen molar-refractivity contribution in [3.63, 3.8) is 0 Å². The zero-order chi connectivity index (χ0) is 14.8. The van der Waals surface area contributed by atoms with E-state index in [1.54, 1.807) is 0 Å². The number of hydrogen-bond acceptors (Lipinski definition) is 5. The van der Waals surface area contributed by atoms with Gasteiger partial charge in [-0.3, -0.25) is 0 Å². The molecule has 1 N–H and O–H groups in total. The summed E-state index contributed by atoms with van der Waals surface area (Å²) in [4.78, 5) is 6.83. The van der Waals surface area contributed by atoms with Crippen molar-refractivity contribution in [1.82, 2.24) is 10.1 Å². The van der Waals surface area contributed by atoms with E-state index in [9.17, 15) is 0 Å². The average molecular weight is 286 g/mol. The van der Waals surface area contributed by atoms with Crippen LogP contribution in [0.15, 0.2) is 28.8 Å². The second-order valence-electron chi connectivity index (χ2n) is 6.08. The molecule has 0 saturated carbocycles. The van der Waals surface area contributed by atoms with E-state index in [4.69, 9.17) is 4.52 Å². The van der Waals surface area contributed by atoms with Gasteiger partial charge in [0.2, 0.25) is 5.89 Å². The van der Waals surface area contributed by atoms with Gasteiger partial charge in [0.25, 0.3) is 0 Å². The molecule has 0 radical (unpaired) electrons. The van der Waals surface area contributed by atoms with E-state index in [0.29, 0.717) is 24.4 Å². The van der Waals surface area contributed by atoms with Crippen molar-refractivity contribution >= 4 is 11.4 Å². The Morgan fingerprint density at radius 3 is 3.00 bits per heavy atom. The minimum atomic E-state index is 0.389. The summed E-state index contributed by atoms with van der Waals surface area (Å²) in [7, 11) is 0. The van der Waals surface area contributed by atoms with Crippen molar-refractivity contribution in [3.8, 4) is 0 Å². The first-order valence-electron chi connectivity index (χ1n) is 7.54. The molecule has 1 aromatic carbocycles. The van der Waals surface area contributed by atoms with Crippen molar-refractivity contribution in [2.45, 2.75) is 39.8 Å². The first kappa shape index (κ1) is 13.9. The van der Waals surface area contributed by atoms with Gasteiger partial charge in [-0.1, -0.05) is 31.1 Å². The summed E-state index contributed by atoms with van der Waals surface area (Å²) < 4.78 is 5.41. The largest absolute Gasteiger partial charge is 0.381 e. The van der Waals surface area contributed by atoms with E-state index in [1.165, 1.54) is 5.69 Å². The Balaban J connectivity index is 1.79. The van der Waals surface area contributed by atoms with Gasteiger partial charge in [-0.15, -0.1) is 0 Å². The number of rotatable bonds is 4. The van der Waals surface area contributed by atoms with E-state index in [1.807, 2.05) is 6.07 Å².